The summed E-state index contributed by atoms with van der Waals surface area (Å²) in [6.07, 6.45) is -0.892. The first-order chi connectivity index (χ1) is 14.0. The second-order valence-electron chi connectivity index (χ2n) is 7.24. The SMILES string of the molecule is CCOc1ccc(C(C)(C)C#CC(O)c2cccc(Oc3ccccc3)c2)cc1. The van der Waals surface area contributed by atoms with Crippen molar-refractivity contribution in [1.82, 2.24) is 0 Å². The maximum Gasteiger partial charge on any atom is 0.140 e. The molecule has 0 heterocycles. The van der Waals surface area contributed by atoms with Gasteiger partial charge in [-0.25, -0.2) is 0 Å². The molecule has 0 fully saturated rings. The van der Waals surface area contributed by atoms with Gasteiger partial charge < -0.3 is 14.6 Å². The smallest absolute Gasteiger partial charge is 0.140 e. The summed E-state index contributed by atoms with van der Waals surface area (Å²) in [5.74, 6) is 8.46. The molecule has 3 rings (SSSR count). The molecule has 0 aromatic heterocycles. The van der Waals surface area contributed by atoms with E-state index >= 15 is 0 Å². The minimum Gasteiger partial charge on any atom is -0.494 e. The van der Waals surface area contributed by atoms with Gasteiger partial charge in [0.1, 0.15) is 23.4 Å². The molecule has 148 valence electrons. The second kappa shape index (κ2) is 9.32. The van der Waals surface area contributed by atoms with Crippen molar-refractivity contribution in [1.29, 1.82) is 0 Å². The van der Waals surface area contributed by atoms with Gasteiger partial charge in [0, 0.05) is 0 Å². The lowest BCUT2D eigenvalue weighted by molar-refractivity contribution is 0.237. The van der Waals surface area contributed by atoms with Gasteiger partial charge >= 0.3 is 0 Å². The van der Waals surface area contributed by atoms with Gasteiger partial charge in [0.25, 0.3) is 0 Å². The Morgan fingerprint density at radius 1 is 0.862 bits per heavy atom. The van der Waals surface area contributed by atoms with Crippen molar-refractivity contribution >= 4 is 0 Å². The van der Waals surface area contributed by atoms with Crippen LogP contribution in [0.25, 0.3) is 0 Å². The first-order valence-electron chi connectivity index (χ1n) is 9.75. The van der Waals surface area contributed by atoms with Crippen LogP contribution in [-0.4, -0.2) is 11.7 Å². The van der Waals surface area contributed by atoms with Gasteiger partial charge in [-0.2, -0.15) is 0 Å². The summed E-state index contributed by atoms with van der Waals surface area (Å²) >= 11 is 0. The van der Waals surface area contributed by atoms with Crippen LogP contribution in [0.1, 0.15) is 38.0 Å². The van der Waals surface area contributed by atoms with E-state index in [-0.39, 0.29) is 0 Å². The maximum absolute atomic E-state index is 10.6. The molecule has 0 spiro atoms. The quantitative estimate of drug-likeness (QED) is 0.537. The minimum absolute atomic E-state index is 0.399. The van der Waals surface area contributed by atoms with Crippen LogP contribution in [0.3, 0.4) is 0 Å². The third kappa shape index (κ3) is 5.63. The minimum atomic E-state index is -0.892. The molecule has 0 aliphatic heterocycles. The molecular formula is C26H26O3. The lowest BCUT2D eigenvalue weighted by Gasteiger charge is -2.19. The number of rotatable bonds is 6. The third-order valence-corrected chi connectivity index (χ3v) is 4.56. The average Bonchev–Trinajstić information content (AvgIpc) is 2.74. The van der Waals surface area contributed by atoms with Gasteiger partial charge in [0.15, 0.2) is 0 Å². The Balaban J connectivity index is 1.73. The topological polar surface area (TPSA) is 38.7 Å². The molecule has 3 nitrogen and oxygen atoms in total. The molecule has 1 N–H and O–H groups in total. The van der Waals surface area contributed by atoms with Crippen molar-refractivity contribution in [3.05, 3.63) is 90.0 Å². The van der Waals surface area contributed by atoms with Gasteiger partial charge in [-0.1, -0.05) is 54.3 Å². The zero-order chi connectivity index (χ0) is 20.7. The van der Waals surface area contributed by atoms with E-state index in [1.807, 2.05) is 99.6 Å². The molecule has 0 radical (unpaired) electrons. The van der Waals surface area contributed by atoms with Crippen molar-refractivity contribution in [3.63, 3.8) is 0 Å². The molecule has 0 aliphatic rings. The van der Waals surface area contributed by atoms with E-state index in [0.717, 1.165) is 17.1 Å². The van der Waals surface area contributed by atoms with Crippen molar-refractivity contribution < 1.29 is 14.6 Å². The lowest BCUT2D eigenvalue weighted by atomic mass is 9.85. The van der Waals surface area contributed by atoms with Crippen LogP contribution < -0.4 is 9.47 Å². The van der Waals surface area contributed by atoms with Gasteiger partial charge in [0.05, 0.1) is 12.0 Å². The highest BCUT2D eigenvalue weighted by atomic mass is 16.5. The summed E-state index contributed by atoms with van der Waals surface area (Å²) in [4.78, 5) is 0. The number of ether oxygens (including phenoxy) is 2. The first-order valence-corrected chi connectivity index (χ1v) is 9.75. The largest absolute Gasteiger partial charge is 0.494 e. The normalized spacial score (nSPS) is 11.9. The summed E-state index contributed by atoms with van der Waals surface area (Å²) in [6, 6.07) is 24.9. The fourth-order valence-corrected chi connectivity index (χ4v) is 2.91. The van der Waals surface area contributed by atoms with E-state index in [2.05, 4.69) is 11.8 Å². The highest BCUT2D eigenvalue weighted by Crippen LogP contribution is 2.27. The summed E-state index contributed by atoms with van der Waals surface area (Å²) in [6.45, 7) is 6.68. The zero-order valence-corrected chi connectivity index (χ0v) is 17.1. The Hall–Kier alpha value is -3.22. The molecular weight excluding hydrogens is 360 g/mol. The Kier molecular flexibility index (Phi) is 6.59. The Bertz CT molecular complexity index is 980. The van der Waals surface area contributed by atoms with Crippen LogP contribution >= 0.6 is 0 Å². The van der Waals surface area contributed by atoms with E-state index in [0.29, 0.717) is 17.9 Å². The van der Waals surface area contributed by atoms with Crippen molar-refractivity contribution in [2.24, 2.45) is 0 Å². The number of aliphatic hydroxyl groups excluding tert-OH is 1. The predicted molar refractivity (Wildman–Crippen MR) is 116 cm³/mol. The van der Waals surface area contributed by atoms with Crippen LogP contribution in [0, 0.1) is 11.8 Å². The van der Waals surface area contributed by atoms with E-state index in [9.17, 15) is 5.11 Å². The van der Waals surface area contributed by atoms with E-state index < -0.39 is 11.5 Å². The van der Waals surface area contributed by atoms with Crippen LogP contribution in [0.4, 0.5) is 0 Å². The van der Waals surface area contributed by atoms with Crippen LogP contribution in [0.5, 0.6) is 17.2 Å². The van der Waals surface area contributed by atoms with E-state index in [1.54, 1.807) is 0 Å². The molecule has 3 heteroatoms. The van der Waals surface area contributed by atoms with E-state index in [4.69, 9.17) is 9.47 Å². The molecule has 0 aliphatic carbocycles. The Morgan fingerprint density at radius 3 is 2.24 bits per heavy atom. The molecule has 0 bridgehead atoms. The van der Waals surface area contributed by atoms with Gasteiger partial charge in [-0.15, -0.1) is 0 Å². The number of para-hydroxylation sites is 1. The van der Waals surface area contributed by atoms with Crippen molar-refractivity contribution in [2.45, 2.75) is 32.3 Å². The summed E-state index contributed by atoms with van der Waals surface area (Å²) in [5.41, 5.74) is 1.37. The molecule has 29 heavy (non-hydrogen) atoms. The van der Waals surface area contributed by atoms with Crippen LogP contribution in [-0.2, 0) is 5.41 Å². The summed E-state index contributed by atoms with van der Waals surface area (Å²) in [5, 5.41) is 10.6. The fourth-order valence-electron chi connectivity index (χ4n) is 2.91. The number of aliphatic hydroxyl groups is 1. The van der Waals surface area contributed by atoms with Crippen molar-refractivity contribution in [3.8, 4) is 29.1 Å². The molecule has 0 amide bonds. The first kappa shape index (κ1) is 20.5. The second-order valence-corrected chi connectivity index (χ2v) is 7.24. The molecule has 3 aromatic carbocycles. The van der Waals surface area contributed by atoms with Crippen LogP contribution in [0.15, 0.2) is 78.9 Å². The third-order valence-electron chi connectivity index (χ3n) is 4.56. The highest BCUT2D eigenvalue weighted by molar-refractivity contribution is 5.40. The Labute approximate surface area is 172 Å². The molecule has 0 saturated heterocycles. The Morgan fingerprint density at radius 2 is 1.55 bits per heavy atom. The number of hydrogen-bond donors (Lipinski definition) is 1. The number of benzene rings is 3. The molecule has 1 atom stereocenters. The molecule has 1 unspecified atom stereocenters. The predicted octanol–water partition coefficient (Wildman–Crippen LogP) is 5.89. The molecule has 0 saturated carbocycles. The zero-order valence-electron chi connectivity index (χ0n) is 17.1. The van der Waals surface area contributed by atoms with Crippen LogP contribution in [0.2, 0.25) is 0 Å². The van der Waals surface area contributed by atoms with E-state index in [1.165, 1.54) is 0 Å². The monoisotopic (exact) mass is 386 g/mol. The lowest BCUT2D eigenvalue weighted by Crippen LogP contribution is -2.14. The van der Waals surface area contributed by atoms with Gasteiger partial charge in [0.2, 0.25) is 0 Å². The van der Waals surface area contributed by atoms with Crippen molar-refractivity contribution in [2.75, 3.05) is 6.61 Å². The number of hydrogen-bond acceptors (Lipinski definition) is 3. The van der Waals surface area contributed by atoms with Gasteiger partial charge in [-0.3, -0.25) is 0 Å². The maximum atomic E-state index is 10.6. The summed E-state index contributed by atoms with van der Waals surface area (Å²) in [7, 11) is 0. The highest BCUT2D eigenvalue weighted by Gasteiger charge is 2.18. The molecule has 3 aromatic rings. The standard InChI is InChI=1S/C26H26O3/c1-4-28-22-15-13-21(14-16-22)26(2,3)18-17-25(27)20-9-8-12-24(19-20)29-23-10-6-5-7-11-23/h5-16,19,25,27H,4H2,1-3H3. The summed E-state index contributed by atoms with van der Waals surface area (Å²) < 4.78 is 11.3. The fraction of sp³-hybridized carbons (Fsp3) is 0.231. The van der Waals surface area contributed by atoms with Gasteiger partial charge in [-0.05, 0) is 68.3 Å². The average molecular weight is 386 g/mol.